The van der Waals surface area contributed by atoms with Crippen molar-refractivity contribution >= 4 is 102 Å². The second-order valence-electron chi connectivity index (χ2n) is 14.9. The summed E-state index contributed by atoms with van der Waals surface area (Å²) < 4.78 is 7.62. The summed E-state index contributed by atoms with van der Waals surface area (Å²) in [7, 11) is 0. The van der Waals surface area contributed by atoms with Crippen LogP contribution in [0.3, 0.4) is 0 Å². The lowest BCUT2D eigenvalue weighted by atomic mass is 9.97. The number of benzene rings is 9. The van der Waals surface area contributed by atoms with E-state index >= 15 is 0 Å². The van der Waals surface area contributed by atoms with Gasteiger partial charge < -0.3 is 9.47 Å². The molecular formula is C54H34N2S2. The zero-order chi connectivity index (χ0) is 38.2. The topological polar surface area (TPSA) is 8.17 Å². The lowest BCUT2D eigenvalue weighted by Crippen LogP contribution is -2.11. The van der Waals surface area contributed by atoms with Crippen LogP contribution in [0.4, 0.5) is 17.1 Å². The van der Waals surface area contributed by atoms with Gasteiger partial charge in [0.2, 0.25) is 0 Å². The van der Waals surface area contributed by atoms with Gasteiger partial charge in [-0.05, 0) is 89.5 Å². The maximum atomic E-state index is 2.48. The third-order valence-corrected chi connectivity index (χ3v) is 13.9. The first-order valence-electron chi connectivity index (χ1n) is 19.7. The smallest absolute Gasteiger partial charge is 0.0562 e. The Morgan fingerprint density at radius 1 is 0.328 bits per heavy atom. The maximum absolute atomic E-state index is 2.48. The molecule has 3 heterocycles. The second kappa shape index (κ2) is 13.3. The number of thiophene rings is 2. The molecule has 0 spiro atoms. The fourth-order valence-electron chi connectivity index (χ4n) is 8.88. The van der Waals surface area contributed by atoms with Crippen LogP contribution in [-0.2, 0) is 0 Å². The predicted molar refractivity (Wildman–Crippen MR) is 252 cm³/mol. The van der Waals surface area contributed by atoms with Gasteiger partial charge >= 0.3 is 0 Å². The van der Waals surface area contributed by atoms with Crippen molar-refractivity contribution in [2.24, 2.45) is 0 Å². The lowest BCUT2D eigenvalue weighted by Gasteiger charge is -2.29. The maximum Gasteiger partial charge on any atom is 0.0562 e. The molecular weight excluding hydrogens is 741 g/mol. The van der Waals surface area contributed by atoms with Crippen LogP contribution in [0.15, 0.2) is 206 Å². The van der Waals surface area contributed by atoms with Gasteiger partial charge in [0.15, 0.2) is 0 Å². The van der Waals surface area contributed by atoms with Crippen LogP contribution in [0, 0.1) is 0 Å². The average molecular weight is 775 g/mol. The monoisotopic (exact) mass is 774 g/mol. The van der Waals surface area contributed by atoms with E-state index in [1.165, 1.54) is 84.4 Å². The highest BCUT2D eigenvalue weighted by molar-refractivity contribution is 7.26. The molecule has 12 aromatic rings. The van der Waals surface area contributed by atoms with Gasteiger partial charge in [-0.2, -0.15) is 0 Å². The largest absolute Gasteiger partial charge is 0.310 e. The highest BCUT2D eigenvalue weighted by Crippen LogP contribution is 2.48. The molecule has 0 aliphatic carbocycles. The molecule has 9 aromatic carbocycles. The molecule has 0 aliphatic heterocycles. The van der Waals surface area contributed by atoms with Crippen LogP contribution >= 0.6 is 22.7 Å². The number of nitrogens with zero attached hydrogens (tertiary/aromatic N) is 2. The summed E-state index contributed by atoms with van der Waals surface area (Å²) in [4.78, 5) is 2.48. The Morgan fingerprint density at radius 3 is 1.59 bits per heavy atom. The highest BCUT2D eigenvalue weighted by Gasteiger charge is 2.23. The van der Waals surface area contributed by atoms with E-state index in [1.54, 1.807) is 0 Å². The predicted octanol–water partition coefficient (Wildman–Crippen LogP) is 16.3. The van der Waals surface area contributed by atoms with E-state index in [2.05, 4.69) is 216 Å². The average Bonchev–Trinajstić information content (AvgIpc) is 3.96. The first-order chi connectivity index (χ1) is 28.7. The van der Waals surface area contributed by atoms with Crippen molar-refractivity contribution in [2.75, 3.05) is 4.90 Å². The van der Waals surface area contributed by atoms with Crippen molar-refractivity contribution in [3.63, 3.8) is 0 Å². The number of para-hydroxylation sites is 2. The van der Waals surface area contributed by atoms with Crippen LogP contribution < -0.4 is 4.90 Å². The molecule has 0 aliphatic rings. The molecule has 272 valence electrons. The van der Waals surface area contributed by atoms with Gasteiger partial charge in [0.1, 0.15) is 0 Å². The molecule has 0 unspecified atom stereocenters. The number of rotatable bonds is 6. The minimum absolute atomic E-state index is 1.10. The molecule has 58 heavy (non-hydrogen) atoms. The van der Waals surface area contributed by atoms with Crippen LogP contribution in [0.2, 0.25) is 0 Å². The van der Waals surface area contributed by atoms with Gasteiger partial charge in [0.05, 0.1) is 16.7 Å². The molecule has 0 saturated heterocycles. The molecule has 12 rings (SSSR count). The van der Waals surface area contributed by atoms with Gasteiger partial charge in [-0.3, -0.25) is 0 Å². The molecule has 3 aromatic heterocycles. The fourth-order valence-corrected chi connectivity index (χ4v) is 11.2. The number of hydrogen-bond acceptors (Lipinski definition) is 3. The first kappa shape index (κ1) is 33.2. The Balaban J connectivity index is 1.17. The van der Waals surface area contributed by atoms with Crippen molar-refractivity contribution in [1.29, 1.82) is 0 Å². The molecule has 2 nitrogen and oxygen atoms in total. The Labute approximate surface area is 343 Å². The SMILES string of the molecule is c1ccc(-c2ccc(N(c3ccc4c(c3)sc3ccccc34)c3cc4c(cc3-c3ccc5c(c3)sc3ccccc35)c3ccccc3n4-c3ccccc3)cc2)cc1. The quantitative estimate of drug-likeness (QED) is 0.163. The molecule has 0 N–H and O–H groups in total. The Kier molecular flexibility index (Phi) is 7.62. The third kappa shape index (κ3) is 5.30. The summed E-state index contributed by atoms with van der Waals surface area (Å²) in [6, 6.07) is 75.9. The van der Waals surface area contributed by atoms with E-state index < -0.39 is 0 Å². The van der Waals surface area contributed by atoms with E-state index in [4.69, 9.17) is 0 Å². The summed E-state index contributed by atoms with van der Waals surface area (Å²) in [6.45, 7) is 0. The Morgan fingerprint density at radius 2 is 0.862 bits per heavy atom. The minimum atomic E-state index is 1.10. The van der Waals surface area contributed by atoms with Gasteiger partial charge in [-0.25, -0.2) is 0 Å². The molecule has 4 heteroatoms. The molecule has 0 bridgehead atoms. The van der Waals surface area contributed by atoms with E-state index in [1.807, 2.05) is 22.7 Å². The normalized spacial score (nSPS) is 11.8. The van der Waals surface area contributed by atoms with E-state index in [-0.39, 0.29) is 0 Å². The molecule has 0 saturated carbocycles. The third-order valence-electron chi connectivity index (χ3n) is 11.6. The molecule has 0 fully saturated rings. The second-order valence-corrected chi connectivity index (χ2v) is 17.1. The van der Waals surface area contributed by atoms with Gasteiger partial charge in [-0.1, -0.05) is 133 Å². The van der Waals surface area contributed by atoms with Gasteiger partial charge in [0, 0.05) is 73.7 Å². The first-order valence-corrected chi connectivity index (χ1v) is 21.3. The summed E-state index contributed by atoms with van der Waals surface area (Å²) in [5, 5.41) is 7.68. The van der Waals surface area contributed by atoms with E-state index in [9.17, 15) is 0 Å². The summed E-state index contributed by atoms with van der Waals surface area (Å²) in [6.07, 6.45) is 0. The van der Waals surface area contributed by atoms with Crippen molar-refractivity contribution < 1.29 is 0 Å². The molecule has 0 radical (unpaired) electrons. The van der Waals surface area contributed by atoms with Gasteiger partial charge in [-0.15, -0.1) is 22.7 Å². The number of aromatic nitrogens is 1. The number of hydrogen-bond donors (Lipinski definition) is 0. The summed E-state index contributed by atoms with van der Waals surface area (Å²) in [5.74, 6) is 0. The van der Waals surface area contributed by atoms with Crippen molar-refractivity contribution in [1.82, 2.24) is 4.57 Å². The molecule has 0 amide bonds. The standard InChI is InChI=1S/C54H34N2S2/c1-3-13-35(14-4-1)36-23-26-39(27-24-36)55(40-28-30-45-43-19-9-12-22-52(43)58-54(45)32-40)49-34-50-47(41-17-7-10-20-48(41)56(50)38-15-5-2-6-16-38)33-46(49)37-25-29-44-42-18-8-11-21-51(42)57-53(44)31-37/h1-34H. The van der Waals surface area contributed by atoms with E-state index in [0.29, 0.717) is 0 Å². The Bertz CT molecular complexity index is 3500. The van der Waals surface area contributed by atoms with Crippen molar-refractivity contribution in [3.05, 3.63) is 206 Å². The van der Waals surface area contributed by atoms with Crippen LogP contribution in [-0.4, -0.2) is 4.57 Å². The van der Waals surface area contributed by atoms with Crippen molar-refractivity contribution in [3.8, 4) is 27.9 Å². The van der Waals surface area contributed by atoms with Crippen LogP contribution in [0.1, 0.15) is 0 Å². The highest BCUT2D eigenvalue weighted by atomic mass is 32.1. The number of anilines is 3. The summed E-state index contributed by atoms with van der Waals surface area (Å²) >= 11 is 3.73. The zero-order valence-electron chi connectivity index (χ0n) is 31.3. The van der Waals surface area contributed by atoms with Crippen LogP contribution in [0.25, 0.3) is 90.1 Å². The molecule has 0 atom stereocenters. The Hall–Kier alpha value is -6.98. The summed E-state index contributed by atoms with van der Waals surface area (Å²) in [5.41, 5.74) is 11.6. The van der Waals surface area contributed by atoms with Crippen molar-refractivity contribution in [2.45, 2.75) is 0 Å². The minimum Gasteiger partial charge on any atom is -0.310 e. The van der Waals surface area contributed by atoms with E-state index in [0.717, 1.165) is 22.7 Å². The number of fused-ring (bicyclic) bond motifs is 9. The van der Waals surface area contributed by atoms with Gasteiger partial charge in [0.25, 0.3) is 0 Å². The fraction of sp³-hybridized carbons (Fsp3) is 0. The van der Waals surface area contributed by atoms with Crippen LogP contribution in [0.5, 0.6) is 0 Å². The zero-order valence-corrected chi connectivity index (χ0v) is 33.0. The lowest BCUT2D eigenvalue weighted by molar-refractivity contribution is 1.18.